The van der Waals surface area contributed by atoms with Gasteiger partial charge in [-0.25, -0.2) is 9.34 Å². The average molecular weight is 549 g/mol. The summed E-state index contributed by atoms with van der Waals surface area (Å²) in [4.78, 5) is 0. The summed E-state index contributed by atoms with van der Waals surface area (Å²) < 4.78 is 91.7. The van der Waals surface area contributed by atoms with Crippen molar-refractivity contribution in [3.8, 4) is 0 Å². The smallest absolute Gasteiger partial charge is 0.328 e. The Balaban J connectivity index is 2.06. The number of hydrogen-bond acceptors (Lipinski definition) is 3. The molecule has 0 bridgehead atoms. The van der Waals surface area contributed by atoms with Crippen LogP contribution in [0.1, 0.15) is 80.8 Å². The molecule has 0 saturated carbocycles. The zero-order chi connectivity index (χ0) is 27.5. The van der Waals surface area contributed by atoms with Crippen LogP contribution in [0.4, 0.5) is 26.3 Å². The average Bonchev–Trinajstić information content (AvgIpc) is 3.07. The first-order chi connectivity index (χ1) is 17.3. The van der Waals surface area contributed by atoms with Crippen molar-refractivity contribution in [1.82, 2.24) is 9.34 Å². The summed E-state index contributed by atoms with van der Waals surface area (Å²) in [6.45, 7) is 6.25. The Morgan fingerprint density at radius 3 is 1.65 bits per heavy atom. The highest BCUT2D eigenvalue weighted by molar-refractivity contribution is 7.47. The monoisotopic (exact) mass is 548 g/mol. The number of rotatable bonds is 9. The fraction of sp³-hybridized carbons (Fsp3) is 0.556. The molecule has 2 aromatic rings. The summed E-state index contributed by atoms with van der Waals surface area (Å²) in [5.41, 5.74) is -0.819. The van der Waals surface area contributed by atoms with Gasteiger partial charge in [-0.05, 0) is 61.8 Å². The van der Waals surface area contributed by atoms with Crippen molar-refractivity contribution in [1.29, 1.82) is 0 Å². The van der Waals surface area contributed by atoms with Gasteiger partial charge >= 0.3 is 12.4 Å². The quantitative estimate of drug-likeness (QED) is 0.177. The molecule has 0 aliphatic carbocycles. The Labute approximate surface area is 216 Å². The maximum Gasteiger partial charge on any atom is 0.416 e. The van der Waals surface area contributed by atoms with Gasteiger partial charge in [-0.15, -0.1) is 0 Å². The highest BCUT2D eigenvalue weighted by Gasteiger charge is 2.48. The highest BCUT2D eigenvalue weighted by atomic mass is 31.2. The van der Waals surface area contributed by atoms with Gasteiger partial charge in [-0.3, -0.25) is 0 Å². The first kappa shape index (κ1) is 29.9. The predicted octanol–water partition coefficient (Wildman–Crippen LogP) is 9.23. The molecule has 206 valence electrons. The van der Waals surface area contributed by atoms with Gasteiger partial charge in [0, 0.05) is 0 Å². The molecule has 0 N–H and O–H groups in total. The van der Waals surface area contributed by atoms with E-state index in [4.69, 9.17) is 4.52 Å². The van der Waals surface area contributed by atoms with Gasteiger partial charge in [0.15, 0.2) is 8.45 Å². The van der Waals surface area contributed by atoms with E-state index in [9.17, 15) is 26.3 Å². The maximum atomic E-state index is 13.5. The second-order valence-corrected chi connectivity index (χ2v) is 11.9. The highest BCUT2D eigenvalue weighted by Crippen LogP contribution is 2.64. The lowest BCUT2D eigenvalue weighted by atomic mass is 9.91. The standard InChI is InChI=1S/C27H35F6N2OP/c1-6-7-8-15-23(18(2)3)36-37-34(4)24(19-11-9-13-21(16-19)26(28,29)30)25(35(37)5)20-12-10-14-22(17-20)27(31,32)33/h9-14,16-18,23-25H,6-8,15H2,1-5H3/t23?,24-,25-/m1/s1. The van der Waals surface area contributed by atoms with Crippen LogP contribution in [0.2, 0.25) is 0 Å². The van der Waals surface area contributed by atoms with E-state index in [1.807, 2.05) is 9.34 Å². The van der Waals surface area contributed by atoms with Crippen LogP contribution in [-0.2, 0) is 16.9 Å². The second kappa shape index (κ2) is 12.0. The number of hydrogen-bond donors (Lipinski definition) is 0. The van der Waals surface area contributed by atoms with Crippen molar-refractivity contribution in [2.24, 2.45) is 5.92 Å². The number of nitrogens with zero attached hydrogens (tertiary/aromatic N) is 2. The molecule has 0 amide bonds. The van der Waals surface area contributed by atoms with Crippen molar-refractivity contribution in [2.45, 2.75) is 77.0 Å². The van der Waals surface area contributed by atoms with Crippen LogP contribution >= 0.6 is 8.45 Å². The molecule has 3 atom stereocenters. The number of halogens is 6. The van der Waals surface area contributed by atoms with Crippen molar-refractivity contribution in [3.63, 3.8) is 0 Å². The van der Waals surface area contributed by atoms with E-state index in [1.165, 1.54) is 12.1 Å². The van der Waals surface area contributed by atoms with Gasteiger partial charge in [0.25, 0.3) is 0 Å². The molecular weight excluding hydrogens is 513 g/mol. The predicted molar refractivity (Wildman–Crippen MR) is 135 cm³/mol. The molecule has 10 heteroatoms. The van der Waals surface area contributed by atoms with Crippen LogP contribution in [0.5, 0.6) is 0 Å². The molecule has 0 aromatic heterocycles. The van der Waals surface area contributed by atoms with Gasteiger partial charge < -0.3 is 4.52 Å². The van der Waals surface area contributed by atoms with Crippen LogP contribution in [0.25, 0.3) is 0 Å². The fourth-order valence-electron chi connectivity index (χ4n) is 4.81. The van der Waals surface area contributed by atoms with E-state index < -0.39 is 44.0 Å². The van der Waals surface area contributed by atoms with Crippen molar-refractivity contribution in [2.75, 3.05) is 14.1 Å². The van der Waals surface area contributed by atoms with Crippen molar-refractivity contribution in [3.05, 3.63) is 70.8 Å². The van der Waals surface area contributed by atoms with Crippen LogP contribution in [-0.4, -0.2) is 29.5 Å². The van der Waals surface area contributed by atoms with E-state index in [0.717, 1.165) is 49.9 Å². The van der Waals surface area contributed by atoms with Crippen LogP contribution in [0.15, 0.2) is 48.5 Å². The molecule has 2 aromatic carbocycles. The largest absolute Gasteiger partial charge is 0.416 e. The fourth-order valence-corrected chi connectivity index (χ4v) is 7.09. The number of likely N-dealkylation sites (N-methyl/N-ethyl adjacent to an activating group) is 2. The third-order valence-corrected chi connectivity index (χ3v) is 8.86. The van der Waals surface area contributed by atoms with Gasteiger partial charge in [0.05, 0.1) is 29.3 Å². The number of alkyl halides is 6. The van der Waals surface area contributed by atoms with E-state index in [0.29, 0.717) is 11.1 Å². The normalized spacial score (nSPS) is 21.2. The van der Waals surface area contributed by atoms with Gasteiger partial charge in [0.1, 0.15) is 0 Å². The second-order valence-electron chi connectivity index (χ2n) is 9.92. The molecule has 0 spiro atoms. The lowest BCUT2D eigenvalue weighted by molar-refractivity contribution is -0.138. The molecule has 1 fully saturated rings. The molecule has 1 heterocycles. The van der Waals surface area contributed by atoms with Gasteiger partial charge in [-0.2, -0.15) is 26.3 Å². The maximum absolute atomic E-state index is 13.5. The van der Waals surface area contributed by atoms with Crippen molar-refractivity contribution >= 4 is 8.45 Å². The summed E-state index contributed by atoms with van der Waals surface area (Å²) in [6.07, 6.45) is -5.18. The Bertz CT molecular complexity index is 959. The summed E-state index contributed by atoms with van der Waals surface area (Å²) in [7, 11) is 2.11. The van der Waals surface area contributed by atoms with E-state index >= 15 is 0 Å². The Morgan fingerprint density at radius 2 is 1.27 bits per heavy atom. The number of benzene rings is 2. The van der Waals surface area contributed by atoms with Crippen LogP contribution in [0.3, 0.4) is 0 Å². The molecule has 37 heavy (non-hydrogen) atoms. The molecule has 1 saturated heterocycles. The third-order valence-electron chi connectivity index (χ3n) is 6.82. The minimum atomic E-state index is -4.53. The lowest BCUT2D eigenvalue weighted by Gasteiger charge is -2.32. The molecule has 3 rings (SSSR count). The zero-order valence-corrected chi connectivity index (χ0v) is 22.7. The summed E-state index contributed by atoms with van der Waals surface area (Å²) in [6, 6.07) is 8.82. The van der Waals surface area contributed by atoms with Crippen molar-refractivity contribution < 1.29 is 30.9 Å². The Morgan fingerprint density at radius 1 is 0.811 bits per heavy atom. The molecule has 1 aliphatic heterocycles. The molecule has 1 unspecified atom stereocenters. The van der Waals surface area contributed by atoms with E-state index in [-0.39, 0.29) is 12.0 Å². The minimum Gasteiger partial charge on any atom is -0.328 e. The Hall–Kier alpha value is -1.67. The Kier molecular flexibility index (Phi) is 9.71. The number of unbranched alkanes of at least 4 members (excludes halogenated alkanes) is 2. The van der Waals surface area contributed by atoms with E-state index in [2.05, 4.69) is 20.8 Å². The summed E-state index contributed by atoms with van der Waals surface area (Å²) in [5, 5.41) is 0. The summed E-state index contributed by atoms with van der Waals surface area (Å²) >= 11 is 0. The topological polar surface area (TPSA) is 15.7 Å². The molecular formula is C27H35F6N2OP. The minimum absolute atomic E-state index is 0.0787. The van der Waals surface area contributed by atoms with Crippen LogP contribution < -0.4 is 0 Å². The molecule has 3 nitrogen and oxygen atoms in total. The zero-order valence-electron chi connectivity index (χ0n) is 21.8. The van der Waals surface area contributed by atoms with Crippen LogP contribution in [0, 0.1) is 5.92 Å². The van der Waals surface area contributed by atoms with Gasteiger partial charge in [0.2, 0.25) is 0 Å². The third kappa shape index (κ3) is 7.05. The molecule has 1 aliphatic rings. The van der Waals surface area contributed by atoms with Gasteiger partial charge in [-0.1, -0.05) is 64.3 Å². The first-order valence-electron chi connectivity index (χ1n) is 12.5. The summed E-state index contributed by atoms with van der Waals surface area (Å²) in [5.74, 6) is 0.209. The lowest BCUT2D eigenvalue weighted by Crippen LogP contribution is -2.23. The molecule has 0 radical (unpaired) electrons. The van der Waals surface area contributed by atoms with E-state index in [1.54, 1.807) is 26.2 Å². The first-order valence-corrected chi connectivity index (χ1v) is 13.7. The SMILES string of the molecule is CCCCCC(OP1N(C)[C@H](c2cccc(C(F)(F)F)c2)[C@@H](c2cccc(C(F)(F)F)c2)N1C)C(C)C.